The lowest BCUT2D eigenvalue weighted by atomic mass is 9.90. The third kappa shape index (κ3) is 4.13. The summed E-state index contributed by atoms with van der Waals surface area (Å²) in [7, 11) is 0. The number of nitrogens with zero attached hydrogens (tertiary/aromatic N) is 1. The van der Waals surface area contributed by atoms with Crippen molar-refractivity contribution in [3.63, 3.8) is 0 Å². The van der Waals surface area contributed by atoms with Gasteiger partial charge in [0.1, 0.15) is 0 Å². The maximum atomic E-state index is 12.9. The van der Waals surface area contributed by atoms with E-state index >= 15 is 0 Å². The smallest absolute Gasteiger partial charge is 0.379 e. The van der Waals surface area contributed by atoms with E-state index in [0.717, 1.165) is 25.0 Å². The van der Waals surface area contributed by atoms with Gasteiger partial charge in [0.2, 0.25) is 17.1 Å². The van der Waals surface area contributed by atoms with Crippen LogP contribution in [0.1, 0.15) is 56.3 Å². The van der Waals surface area contributed by atoms with Gasteiger partial charge in [-0.25, -0.2) is 4.79 Å². The van der Waals surface area contributed by atoms with Gasteiger partial charge in [0.25, 0.3) is 0 Å². The lowest BCUT2D eigenvalue weighted by Crippen LogP contribution is -2.51. The van der Waals surface area contributed by atoms with Gasteiger partial charge in [-0.2, -0.15) is 0 Å². The molecule has 0 saturated carbocycles. The number of fused-ring (bicyclic) bond motifs is 1. The number of pyridine rings is 1. The Morgan fingerprint density at radius 1 is 1.28 bits per heavy atom. The minimum absolute atomic E-state index is 0.0299. The third-order valence-corrected chi connectivity index (χ3v) is 4.74. The van der Waals surface area contributed by atoms with Crippen LogP contribution in [0, 0.1) is 0 Å². The van der Waals surface area contributed by atoms with Crippen LogP contribution in [0.2, 0.25) is 0 Å². The number of unbranched alkanes of at least 4 members (excludes halogenated alkanes) is 1. The highest BCUT2D eigenvalue weighted by molar-refractivity contribution is 6.18. The van der Waals surface area contributed by atoms with Crippen LogP contribution in [0.4, 0.5) is 0 Å². The van der Waals surface area contributed by atoms with E-state index in [4.69, 9.17) is 13.9 Å². The van der Waals surface area contributed by atoms with Gasteiger partial charge in [-0.3, -0.25) is 14.6 Å². The van der Waals surface area contributed by atoms with Crippen LogP contribution in [-0.4, -0.2) is 28.3 Å². The van der Waals surface area contributed by atoms with E-state index in [1.165, 1.54) is 25.3 Å². The van der Waals surface area contributed by atoms with E-state index in [1.54, 1.807) is 25.3 Å². The molecule has 0 fully saturated rings. The van der Waals surface area contributed by atoms with Gasteiger partial charge in [-0.1, -0.05) is 20.3 Å². The summed E-state index contributed by atoms with van der Waals surface area (Å²) in [6, 6.07) is 4.79. The second-order valence-electron chi connectivity index (χ2n) is 6.93. The zero-order valence-corrected chi connectivity index (χ0v) is 16.7. The molecular formula is C22H23NO6. The largest absolute Gasteiger partial charge is 0.457 e. The van der Waals surface area contributed by atoms with Gasteiger partial charge >= 0.3 is 11.9 Å². The summed E-state index contributed by atoms with van der Waals surface area (Å²) >= 11 is 0. The van der Waals surface area contributed by atoms with E-state index in [0.29, 0.717) is 10.4 Å². The first-order chi connectivity index (χ1) is 13.9. The van der Waals surface area contributed by atoms with Crippen molar-refractivity contribution in [2.75, 3.05) is 0 Å². The number of hydrogen-bond acceptors (Lipinski definition) is 7. The van der Waals surface area contributed by atoms with Crippen molar-refractivity contribution in [2.45, 2.75) is 52.1 Å². The van der Waals surface area contributed by atoms with Gasteiger partial charge in [0, 0.05) is 23.5 Å². The van der Waals surface area contributed by atoms with Gasteiger partial charge < -0.3 is 13.9 Å². The van der Waals surface area contributed by atoms with Gasteiger partial charge in [0.05, 0.1) is 6.26 Å². The number of rotatable bonds is 7. The second-order valence-corrected chi connectivity index (χ2v) is 6.93. The molecule has 7 heteroatoms. The first-order valence-corrected chi connectivity index (χ1v) is 9.62. The van der Waals surface area contributed by atoms with E-state index < -0.39 is 23.3 Å². The molecule has 2 aromatic heterocycles. The van der Waals surface area contributed by atoms with Crippen LogP contribution >= 0.6 is 0 Å². The number of carbonyl (C=O) groups is 3. The summed E-state index contributed by atoms with van der Waals surface area (Å²) < 4.78 is 16.1. The fourth-order valence-electron chi connectivity index (χ4n) is 3.05. The van der Waals surface area contributed by atoms with Gasteiger partial charge in [-0.15, -0.1) is 0 Å². The minimum atomic E-state index is -1.77. The number of hydrogen-bond donors (Lipinski definition) is 0. The average Bonchev–Trinajstić information content (AvgIpc) is 3.24. The topological polar surface area (TPSA) is 95.7 Å². The molecule has 1 unspecified atom stereocenters. The molecule has 2 aromatic rings. The molecule has 0 spiro atoms. The Kier molecular flexibility index (Phi) is 5.96. The molecular weight excluding hydrogens is 374 g/mol. The van der Waals surface area contributed by atoms with Crippen molar-refractivity contribution >= 4 is 29.6 Å². The molecule has 1 atom stereocenters. The molecule has 7 nitrogen and oxygen atoms in total. The monoisotopic (exact) mass is 397 g/mol. The molecule has 0 bridgehead atoms. The standard InChI is InChI=1S/C22H23NO6/c1-4-6-8-15-11-14-12-18(24)22(3,29-19(25)5-2)20(16(14)13-23-15)28-21(26)17-9-7-10-27-17/h7,9-13H,4-6,8H2,1-3H3. The highest BCUT2D eigenvalue weighted by Gasteiger charge is 2.45. The van der Waals surface area contributed by atoms with Gasteiger partial charge in [-0.05, 0) is 49.3 Å². The zero-order chi connectivity index (χ0) is 21.0. The Morgan fingerprint density at radius 3 is 2.72 bits per heavy atom. The maximum absolute atomic E-state index is 12.9. The molecule has 29 heavy (non-hydrogen) atoms. The molecule has 0 aromatic carbocycles. The normalized spacial score (nSPS) is 18.0. The highest BCUT2D eigenvalue weighted by Crippen LogP contribution is 2.28. The first-order valence-electron chi connectivity index (χ1n) is 9.62. The second kappa shape index (κ2) is 8.43. The summed E-state index contributed by atoms with van der Waals surface area (Å²) in [4.78, 5) is 41.9. The molecule has 152 valence electrons. The van der Waals surface area contributed by atoms with Crippen LogP contribution in [0.5, 0.6) is 0 Å². The quantitative estimate of drug-likeness (QED) is 0.660. The SMILES string of the molecule is CCCCc1cc2c(cn1)=C(OC(=O)c1ccco1)C(C)(OC(=O)CC)C(=O)C=2. The number of aryl methyl sites for hydroxylation is 1. The fraction of sp³-hybridized carbons (Fsp3) is 0.364. The van der Waals surface area contributed by atoms with Crippen LogP contribution in [0.3, 0.4) is 0 Å². The lowest BCUT2D eigenvalue weighted by molar-refractivity contribution is -0.159. The minimum Gasteiger partial charge on any atom is -0.457 e. The van der Waals surface area contributed by atoms with E-state index in [2.05, 4.69) is 11.9 Å². The van der Waals surface area contributed by atoms with E-state index in [9.17, 15) is 14.4 Å². The van der Waals surface area contributed by atoms with Crippen LogP contribution in [0.25, 0.3) is 11.8 Å². The number of carbonyl (C=O) groups excluding carboxylic acids is 3. The zero-order valence-electron chi connectivity index (χ0n) is 16.7. The Bertz CT molecular complexity index is 1050. The fourth-order valence-corrected chi connectivity index (χ4v) is 3.05. The summed E-state index contributed by atoms with van der Waals surface area (Å²) in [6.45, 7) is 5.12. The average molecular weight is 397 g/mol. The first kappa shape index (κ1) is 20.5. The van der Waals surface area contributed by atoms with Crippen molar-refractivity contribution < 1.29 is 28.3 Å². The Balaban J connectivity index is 2.14. The molecule has 3 rings (SSSR count). The number of furan rings is 1. The summed E-state index contributed by atoms with van der Waals surface area (Å²) in [5, 5.41) is 1.000. The number of Topliss-reactive ketones (excluding diaryl/α,β-unsaturated/α-hetero) is 1. The molecule has 0 N–H and O–H groups in total. The lowest BCUT2D eigenvalue weighted by Gasteiger charge is -2.30. The van der Waals surface area contributed by atoms with Crippen molar-refractivity contribution in [1.29, 1.82) is 0 Å². The Labute approximate surface area is 168 Å². The molecule has 0 aliphatic heterocycles. The third-order valence-electron chi connectivity index (χ3n) is 4.74. The van der Waals surface area contributed by atoms with Crippen molar-refractivity contribution in [3.05, 3.63) is 52.6 Å². The highest BCUT2D eigenvalue weighted by atomic mass is 16.6. The number of ether oxygens (including phenoxy) is 2. The molecule has 0 saturated heterocycles. The molecule has 0 amide bonds. The Morgan fingerprint density at radius 2 is 2.07 bits per heavy atom. The summed E-state index contributed by atoms with van der Waals surface area (Å²) in [5.74, 6) is -1.96. The molecule has 2 heterocycles. The predicted octanol–water partition coefficient (Wildman–Crippen LogP) is 2.06. The van der Waals surface area contributed by atoms with Crippen molar-refractivity contribution in [1.82, 2.24) is 4.98 Å². The summed E-state index contributed by atoms with van der Waals surface area (Å²) in [6.07, 6.45) is 7.12. The molecule has 1 aliphatic rings. The maximum Gasteiger partial charge on any atom is 0.379 e. The van der Waals surface area contributed by atoms with Crippen molar-refractivity contribution in [3.8, 4) is 0 Å². The number of aromatic nitrogens is 1. The van der Waals surface area contributed by atoms with Crippen LogP contribution in [-0.2, 0) is 25.5 Å². The number of esters is 2. The molecule has 1 aliphatic carbocycles. The van der Waals surface area contributed by atoms with E-state index in [1.807, 2.05) is 0 Å². The summed E-state index contributed by atoms with van der Waals surface area (Å²) in [5.41, 5.74) is -0.935. The van der Waals surface area contributed by atoms with E-state index in [-0.39, 0.29) is 17.9 Å². The number of ketones is 1. The van der Waals surface area contributed by atoms with Crippen LogP contribution < -0.4 is 10.4 Å². The molecule has 0 radical (unpaired) electrons. The van der Waals surface area contributed by atoms with Crippen molar-refractivity contribution in [2.24, 2.45) is 0 Å². The predicted molar refractivity (Wildman–Crippen MR) is 104 cm³/mol. The Hall–Kier alpha value is -3.22. The van der Waals surface area contributed by atoms with Gasteiger partial charge in [0.15, 0.2) is 5.76 Å². The van der Waals surface area contributed by atoms with Crippen LogP contribution in [0.15, 0.2) is 35.1 Å².